The highest BCUT2D eigenvalue weighted by Gasteiger charge is 2.48. The minimum atomic E-state index is -2.44. The van der Waals surface area contributed by atoms with Gasteiger partial charge in [-0.2, -0.15) is 12.6 Å². The first-order valence-corrected chi connectivity index (χ1v) is 12.6. The van der Waals surface area contributed by atoms with Gasteiger partial charge in [0.1, 0.15) is 67.1 Å². The summed E-state index contributed by atoms with van der Waals surface area (Å²) in [6.07, 6.45) is -26.0. The van der Waals surface area contributed by atoms with E-state index in [0.29, 0.717) is 0 Å². The molecule has 18 nitrogen and oxygen atoms in total. The van der Waals surface area contributed by atoms with E-state index in [2.05, 4.69) is 17.9 Å². The van der Waals surface area contributed by atoms with E-state index in [1.54, 1.807) is 0 Å². The van der Waals surface area contributed by atoms with Crippen molar-refractivity contribution in [1.82, 2.24) is 5.32 Å². The molecule has 19 heteroatoms. The highest BCUT2D eigenvalue weighted by Crippen LogP contribution is 2.26. The van der Waals surface area contributed by atoms with Crippen molar-refractivity contribution in [2.24, 2.45) is 0 Å². The first-order valence-electron chi connectivity index (χ1n) is 12.1. The number of amides is 1. The van der Waals surface area contributed by atoms with Crippen LogP contribution in [0.4, 0.5) is 0 Å². The van der Waals surface area contributed by atoms with Crippen molar-refractivity contribution in [3.63, 3.8) is 0 Å². The number of hydrogen-bond acceptors (Lipinski definition) is 18. The van der Waals surface area contributed by atoms with Crippen molar-refractivity contribution in [3.05, 3.63) is 0 Å². The summed E-state index contributed by atoms with van der Waals surface area (Å²) in [5.41, 5.74) is 0. The number of aliphatic hydroxyl groups is 11. The number of hydrogen-bond donors (Lipinski definition) is 13. The Kier molecular flexibility index (Phi) is 13.5. The third-order valence-corrected chi connectivity index (χ3v) is 6.40. The van der Waals surface area contributed by atoms with Crippen LogP contribution >= 0.6 is 12.6 Å². The first-order chi connectivity index (χ1) is 18.6. The number of ether oxygens (including phenoxy) is 4. The fourth-order valence-electron chi connectivity index (χ4n) is 3.84. The summed E-state index contributed by atoms with van der Waals surface area (Å²) in [6, 6.07) is 0. The van der Waals surface area contributed by atoms with Gasteiger partial charge in [-0.25, -0.2) is 0 Å². The SMILES string of the molecule is CC(S)NC(=O)C(=O)[C@H](O)[C@@H](O)[C@H](O)[C@H](O)CO[C@H]1O[C@H](CO[C@H]2O[C@H](CO)[C@@H](O)[C@H](O)[C@H]2O)[C@@H](O)[C@H](O)[C@H]1O. The summed E-state index contributed by atoms with van der Waals surface area (Å²) in [4.78, 5) is 23.6. The number of nitrogens with one attached hydrogen (secondary N) is 1. The van der Waals surface area contributed by atoms with Crippen LogP contribution < -0.4 is 5.32 Å². The zero-order chi connectivity index (χ0) is 30.5. The number of aliphatic hydroxyl groups excluding tert-OH is 11. The van der Waals surface area contributed by atoms with Crippen molar-refractivity contribution >= 4 is 24.3 Å². The normalized spacial score (nSPS) is 38.6. The Bertz CT molecular complexity index is 822. The van der Waals surface area contributed by atoms with Crippen LogP contribution in [-0.2, 0) is 28.5 Å². The number of thiol groups is 1. The second-order valence-electron chi connectivity index (χ2n) is 9.39. The van der Waals surface area contributed by atoms with Gasteiger partial charge in [-0.05, 0) is 6.92 Å². The van der Waals surface area contributed by atoms with Gasteiger partial charge in [0.05, 0.1) is 25.2 Å². The molecule has 12 N–H and O–H groups in total. The second kappa shape index (κ2) is 15.4. The molecule has 2 aliphatic rings. The minimum absolute atomic E-state index is 0.654. The quantitative estimate of drug-likeness (QED) is 0.0525. The molecule has 0 aliphatic carbocycles. The molecule has 2 heterocycles. The van der Waals surface area contributed by atoms with Crippen LogP contribution in [0.25, 0.3) is 0 Å². The predicted octanol–water partition coefficient (Wildman–Crippen LogP) is -7.97. The fraction of sp³-hybridized carbons (Fsp3) is 0.905. The molecular weight excluding hydrogens is 570 g/mol. The molecule has 0 radical (unpaired) electrons. The maximum atomic E-state index is 11.9. The summed E-state index contributed by atoms with van der Waals surface area (Å²) in [5.74, 6) is -2.83. The Morgan fingerprint density at radius 1 is 0.800 bits per heavy atom. The maximum Gasteiger partial charge on any atom is 0.291 e. The molecule has 40 heavy (non-hydrogen) atoms. The van der Waals surface area contributed by atoms with Gasteiger partial charge in [0.2, 0.25) is 0 Å². The van der Waals surface area contributed by atoms with Crippen LogP contribution in [0.5, 0.6) is 0 Å². The second-order valence-corrected chi connectivity index (χ2v) is 10.2. The van der Waals surface area contributed by atoms with E-state index in [4.69, 9.17) is 18.9 Å². The van der Waals surface area contributed by atoms with Crippen molar-refractivity contribution in [1.29, 1.82) is 0 Å². The van der Waals surface area contributed by atoms with Crippen molar-refractivity contribution < 1.29 is 84.7 Å². The lowest BCUT2D eigenvalue weighted by atomic mass is 9.98. The van der Waals surface area contributed by atoms with Gasteiger partial charge in [-0.15, -0.1) is 0 Å². The lowest BCUT2D eigenvalue weighted by Gasteiger charge is -2.42. The van der Waals surface area contributed by atoms with Gasteiger partial charge >= 0.3 is 0 Å². The Hall–Kier alpha value is -1.11. The zero-order valence-electron chi connectivity index (χ0n) is 21.1. The highest BCUT2D eigenvalue weighted by atomic mass is 32.1. The molecule has 2 fully saturated rings. The van der Waals surface area contributed by atoms with Crippen molar-refractivity contribution in [2.45, 2.75) is 98.1 Å². The number of ketones is 1. The summed E-state index contributed by atoms with van der Waals surface area (Å²) in [7, 11) is 0. The lowest BCUT2D eigenvalue weighted by molar-refractivity contribution is -0.333. The lowest BCUT2D eigenvalue weighted by Crippen LogP contribution is -2.62. The molecule has 234 valence electrons. The average Bonchev–Trinajstić information content (AvgIpc) is 2.92. The van der Waals surface area contributed by atoms with Crippen LogP contribution in [0.2, 0.25) is 0 Å². The van der Waals surface area contributed by atoms with Gasteiger partial charge in [-0.3, -0.25) is 9.59 Å². The highest BCUT2D eigenvalue weighted by molar-refractivity contribution is 7.80. The molecule has 0 saturated carbocycles. The van der Waals surface area contributed by atoms with Gasteiger partial charge < -0.3 is 80.4 Å². The number of carbonyl (C=O) groups excluding carboxylic acids is 2. The number of rotatable bonds is 13. The molecular formula is C21H37NO17S. The van der Waals surface area contributed by atoms with Crippen LogP contribution in [0.1, 0.15) is 6.92 Å². The first kappa shape index (κ1) is 35.1. The molecule has 0 aromatic rings. The number of carbonyl (C=O) groups is 2. The van der Waals surface area contributed by atoms with Gasteiger partial charge in [-0.1, -0.05) is 0 Å². The van der Waals surface area contributed by atoms with Crippen LogP contribution in [-0.4, -0.2) is 179 Å². The third kappa shape index (κ3) is 8.47. The minimum Gasteiger partial charge on any atom is -0.394 e. The Morgan fingerprint density at radius 2 is 1.30 bits per heavy atom. The molecule has 0 aromatic heterocycles. The van der Waals surface area contributed by atoms with E-state index in [9.17, 15) is 65.8 Å². The molecule has 1 unspecified atom stereocenters. The fourth-order valence-corrected chi connectivity index (χ4v) is 3.96. The van der Waals surface area contributed by atoms with Crippen LogP contribution in [0.15, 0.2) is 0 Å². The zero-order valence-corrected chi connectivity index (χ0v) is 22.0. The Labute approximate surface area is 232 Å². The van der Waals surface area contributed by atoms with Crippen molar-refractivity contribution in [3.8, 4) is 0 Å². The molecule has 15 atom stereocenters. The van der Waals surface area contributed by atoms with Gasteiger partial charge in [0.25, 0.3) is 11.7 Å². The van der Waals surface area contributed by atoms with E-state index in [0.717, 1.165) is 0 Å². The summed E-state index contributed by atoms with van der Waals surface area (Å²) in [6.45, 7) is -0.913. The summed E-state index contributed by atoms with van der Waals surface area (Å²) >= 11 is 3.83. The van der Waals surface area contributed by atoms with Gasteiger partial charge in [0.15, 0.2) is 18.7 Å². The van der Waals surface area contributed by atoms with Gasteiger partial charge in [0, 0.05) is 0 Å². The van der Waals surface area contributed by atoms with E-state index >= 15 is 0 Å². The summed E-state index contributed by atoms with van der Waals surface area (Å²) < 4.78 is 20.9. The summed E-state index contributed by atoms with van der Waals surface area (Å²) in [5, 5.41) is 111. The van der Waals surface area contributed by atoms with Crippen LogP contribution in [0, 0.1) is 0 Å². The van der Waals surface area contributed by atoms with E-state index in [1.807, 2.05) is 0 Å². The van der Waals surface area contributed by atoms with E-state index in [1.165, 1.54) is 6.92 Å². The third-order valence-electron chi connectivity index (χ3n) is 6.27. The number of Topliss-reactive ketones (excluding diaryl/α,β-unsaturated/α-hetero) is 1. The topological polar surface area (TPSA) is 306 Å². The van der Waals surface area contributed by atoms with E-state index < -0.39 is 123 Å². The largest absolute Gasteiger partial charge is 0.394 e. The van der Waals surface area contributed by atoms with E-state index in [-0.39, 0.29) is 0 Å². The molecule has 1 amide bonds. The average molecular weight is 608 g/mol. The molecule has 0 bridgehead atoms. The molecule has 0 aromatic carbocycles. The molecule has 2 saturated heterocycles. The van der Waals surface area contributed by atoms with Crippen molar-refractivity contribution in [2.75, 3.05) is 19.8 Å². The molecule has 0 spiro atoms. The monoisotopic (exact) mass is 607 g/mol. The standard InChI is InChI=1S/C21H37NO17S/c1-5(40)22-19(35)16(32)15(31)12(28)9(25)6(24)3-36-20-18(34)14(30)11(27)8(39-20)4-37-21-17(33)13(29)10(26)7(2-23)38-21/h5-15,17-18,20-21,23-31,33-34,40H,2-4H2,1H3,(H,22,35)/t5?,6-,7-,8-,9-,10-,11-,12+,13+,14+,15-,17-,18-,20+,21+/m1/s1. The molecule has 2 aliphatic heterocycles. The maximum absolute atomic E-state index is 11.9. The Morgan fingerprint density at radius 3 is 1.82 bits per heavy atom. The smallest absolute Gasteiger partial charge is 0.291 e. The Balaban J connectivity index is 1.95. The predicted molar refractivity (Wildman–Crippen MR) is 128 cm³/mol. The molecule has 2 rings (SSSR count). The van der Waals surface area contributed by atoms with Crippen LogP contribution in [0.3, 0.4) is 0 Å².